The number of rotatable bonds is 6. The third-order valence-electron chi connectivity index (χ3n) is 5.25. The number of benzene rings is 1. The van der Waals surface area contributed by atoms with Gasteiger partial charge in [-0.1, -0.05) is 39.0 Å². The van der Waals surface area contributed by atoms with Crippen molar-refractivity contribution in [3.8, 4) is 0 Å². The average molecular weight is 356 g/mol. The number of aliphatic carboxylic acids is 1. The molecule has 1 aromatic carbocycles. The lowest BCUT2D eigenvalue weighted by molar-refractivity contribution is -0.141. The lowest BCUT2D eigenvalue weighted by Crippen LogP contribution is -2.39. The molecule has 0 fully saturated rings. The zero-order valence-corrected chi connectivity index (χ0v) is 15.8. The van der Waals surface area contributed by atoms with Crippen LogP contribution in [-0.2, 0) is 22.4 Å². The van der Waals surface area contributed by atoms with Crippen LogP contribution in [0.15, 0.2) is 24.3 Å². The van der Waals surface area contributed by atoms with Crippen LogP contribution < -0.4 is 5.32 Å². The van der Waals surface area contributed by atoms with E-state index in [4.69, 9.17) is 0 Å². The summed E-state index contributed by atoms with van der Waals surface area (Å²) in [6.07, 6.45) is 3.50. The smallest absolute Gasteiger partial charge is 0.326 e. The van der Waals surface area contributed by atoms with E-state index in [1.54, 1.807) is 0 Å². The number of para-hydroxylation sites is 1. The quantitative estimate of drug-likeness (QED) is 0.829. The molecule has 2 N–H and O–H groups in total. The third-order valence-corrected chi connectivity index (χ3v) is 5.25. The second kappa shape index (κ2) is 7.52. The Balaban J connectivity index is 1.96. The summed E-state index contributed by atoms with van der Waals surface area (Å²) in [5.41, 5.74) is 3.30. The summed E-state index contributed by atoms with van der Waals surface area (Å²) in [6, 6.07) is 7.60. The van der Waals surface area contributed by atoms with Gasteiger partial charge in [-0.3, -0.25) is 4.79 Å². The first-order valence-electron chi connectivity index (χ1n) is 9.55. The Morgan fingerprint density at radius 3 is 2.69 bits per heavy atom. The highest BCUT2D eigenvalue weighted by Gasteiger charge is 2.30. The molecule has 1 heterocycles. The molecular weight excluding hydrogens is 328 g/mol. The number of aromatic nitrogens is 1. The Morgan fingerprint density at radius 1 is 1.31 bits per heavy atom. The molecule has 0 aliphatic heterocycles. The summed E-state index contributed by atoms with van der Waals surface area (Å²) in [5.74, 6) is -0.338. The van der Waals surface area contributed by atoms with Crippen LogP contribution in [0.2, 0.25) is 0 Å². The highest BCUT2D eigenvalue weighted by Crippen LogP contribution is 2.35. The van der Waals surface area contributed by atoms with Gasteiger partial charge in [-0.25, -0.2) is 4.79 Å². The molecule has 1 aliphatic rings. The Bertz CT molecular complexity index is 822. The predicted molar refractivity (Wildman–Crippen MR) is 102 cm³/mol. The maximum atomic E-state index is 12.2. The highest BCUT2D eigenvalue weighted by atomic mass is 16.4. The highest BCUT2D eigenvalue weighted by molar-refractivity contribution is 5.88. The van der Waals surface area contributed by atoms with Crippen molar-refractivity contribution >= 4 is 22.8 Å². The number of carbonyl (C=O) groups excluding carboxylic acids is 1. The summed E-state index contributed by atoms with van der Waals surface area (Å²) >= 11 is 0. The molecule has 0 radical (unpaired) electrons. The molecule has 5 heteroatoms. The van der Waals surface area contributed by atoms with Gasteiger partial charge in [0.1, 0.15) is 6.04 Å². The Morgan fingerprint density at radius 2 is 2.04 bits per heavy atom. The van der Waals surface area contributed by atoms with E-state index >= 15 is 0 Å². The van der Waals surface area contributed by atoms with Gasteiger partial charge in [0.15, 0.2) is 0 Å². The minimum atomic E-state index is -0.789. The SMILES string of the molecule is CCC(C(=O)O)n1c2c(c3ccccc31)C[C@H](NC(=O)CC(C)C)CC2. The molecule has 1 amide bonds. The number of fused-ring (bicyclic) bond motifs is 3. The van der Waals surface area contributed by atoms with Crippen LogP contribution in [0, 0.1) is 5.92 Å². The average Bonchev–Trinajstić information content (AvgIpc) is 2.89. The maximum absolute atomic E-state index is 12.2. The lowest BCUT2D eigenvalue weighted by Gasteiger charge is -2.26. The van der Waals surface area contributed by atoms with Crippen molar-refractivity contribution in [1.82, 2.24) is 9.88 Å². The standard InChI is InChI=1S/C21H28N2O3/c1-4-17(21(25)26)23-18-8-6-5-7-15(18)16-12-14(9-10-19(16)23)22-20(24)11-13(2)3/h5-8,13-14,17H,4,9-12H2,1-3H3,(H,22,24)(H,25,26)/t14-,17?/m1/s1. The van der Waals surface area contributed by atoms with E-state index < -0.39 is 12.0 Å². The third kappa shape index (κ3) is 3.48. The van der Waals surface area contributed by atoms with Gasteiger partial charge in [0.25, 0.3) is 0 Å². The van der Waals surface area contributed by atoms with Crippen LogP contribution in [0.5, 0.6) is 0 Å². The molecule has 2 atom stereocenters. The fraction of sp³-hybridized carbons (Fsp3) is 0.524. The van der Waals surface area contributed by atoms with E-state index in [0.717, 1.165) is 35.9 Å². The first-order chi connectivity index (χ1) is 12.4. The molecule has 2 aromatic rings. The van der Waals surface area contributed by atoms with Crippen molar-refractivity contribution in [3.63, 3.8) is 0 Å². The fourth-order valence-electron chi connectivity index (χ4n) is 4.15. The summed E-state index contributed by atoms with van der Waals surface area (Å²) in [7, 11) is 0. The first-order valence-corrected chi connectivity index (χ1v) is 9.55. The summed E-state index contributed by atoms with van der Waals surface area (Å²) in [5, 5.41) is 14.0. The minimum absolute atomic E-state index is 0.106. The number of carboxylic acid groups (broad SMARTS) is 1. The van der Waals surface area contributed by atoms with E-state index in [-0.39, 0.29) is 11.9 Å². The van der Waals surface area contributed by atoms with Gasteiger partial charge in [-0.15, -0.1) is 0 Å². The van der Waals surface area contributed by atoms with Gasteiger partial charge in [0.05, 0.1) is 0 Å². The predicted octanol–water partition coefficient (Wildman–Crippen LogP) is 3.70. The summed E-state index contributed by atoms with van der Waals surface area (Å²) in [6.45, 7) is 6.00. The Labute approximate surface area is 154 Å². The molecule has 26 heavy (non-hydrogen) atoms. The molecule has 1 unspecified atom stereocenters. The van der Waals surface area contributed by atoms with Gasteiger partial charge >= 0.3 is 5.97 Å². The van der Waals surface area contributed by atoms with E-state index in [0.29, 0.717) is 18.8 Å². The van der Waals surface area contributed by atoms with Crippen LogP contribution in [0.4, 0.5) is 0 Å². The number of amides is 1. The van der Waals surface area contributed by atoms with E-state index in [1.807, 2.05) is 43.5 Å². The number of carboxylic acids is 1. The molecule has 1 aromatic heterocycles. The van der Waals surface area contributed by atoms with E-state index in [1.165, 1.54) is 5.56 Å². The monoisotopic (exact) mass is 356 g/mol. The number of nitrogens with zero attached hydrogens (tertiary/aromatic N) is 1. The molecule has 0 saturated carbocycles. The Hall–Kier alpha value is -2.30. The maximum Gasteiger partial charge on any atom is 0.326 e. The Kier molecular flexibility index (Phi) is 5.35. The van der Waals surface area contributed by atoms with Gasteiger partial charge in [0, 0.05) is 29.1 Å². The van der Waals surface area contributed by atoms with Crippen molar-refractivity contribution in [1.29, 1.82) is 0 Å². The van der Waals surface area contributed by atoms with Gasteiger partial charge in [-0.2, -0.15) is 0 Å². The summed E-state index contributed by atoms with van der Waals surface area (Å²) < 4.78 is 2.01. The van der Waals surface area contributed by atoms with Crippen LogP contribution in [0.3, 0.4) is 0 Å². The molecule has 0 bridgehead atoms. The molecule has 3 rings (SSSR count). The number of hydrogen-bond acceptors (Lipinski definition) is 2. The van der Waals surface area contributed by atoms with Crippen LogP contribution >= 0.6 is 0 Å². The number of nitrogens with one attached hydrogen (secondary N) is 1. The fourth-order valence-corrected chi connectivity index (χ4v) is 4.15. The van der Waals surface area contributed by atoms with Gasteiger partial charge in [-0.05, 0) is 43.2 Å². The summed E-state index contributed by atoms with van der Waals surface area (Å²) in [4.78, 5) is 23.9. The molecule has 0 saturated heterocycles. The van der Waals surface area contributed by atoms with Crippen molar-refractivity contribution in [2.24, 2.45) is 5.92 Å². The van der Waals surface area contributed by atoms with Crippen molar-refractivity contribution in [2.75, 3.05) is 0 Å². The van der Waals surface area contributed by atoms with Crippen LogP contribution in [-0.4, -0.2) is 27.6 Å². The first kappa shape index (κ1) is 18.5. The van der Waals surface area contributed by atoms with E-state index in [2.05, 4.69) is 11.4 Å². The van der Waals surface area contributed by atoms with Gasteiger partial charge in [0.2, 0.25) is 5.91 Å². The van der Waals surface area contributed by atoms with Crippen LogP contribution in [0.1, 0.15) is 57.3 Å². The molecular formula is C21H28N2O3. The van der Waals surface area contributed by atoms with Gasteiger partial charge < -0.3 is 15.0 Å². The van der Waals surface area contributed by atoms with Crippen molar-refractivity contribution in [3.05, 3.63) is 35.5 Å². The zero-order valence-electron chi connectivity index (χ0n) is 15.8. The molecule has 5 nitrogen and oxygen atoms in total. The zero-order chi connectivity index (χ0) is 18.8. The number of hydrogen-bond donors (Lipinski definition) is 2. The second-order valence-electron chi connectivity index (χ2n) is 7.68. The second-order valence-corrected chi connectivity index (χ2v) is 7.68. The molecule has 140 valence electrons. The molecule has 0 spiro atoms. The van der Waals surface area contributed by atoms with Crippen molar-refractivity contribution in [2.45, 2.75) is 65.0 Å². The number of carbonyl (C=O) groups is 2. The van der Waals surface area contributed by atoms with Crippen molar-refractivity contribution < 1.29 is 14.7 Å². The lowest BCUT2D eigenvalue weighted by atomic mass is 9.91. The van der Waals surface area contributed by atoms with E-state index in [9.17, 15) is 14.7 Å². The normalized spacial score (nSPS) is 17.9. The van der Waals surface area contributed by atoms with Crippen LogP contribution in [0.25, 0.3) is 10.9 Å². The largest absolute Gasteiger partial charge is 0.480 e. The topological polar surface area (TPSA) is 71.3 Å². The molecule has 1 aliphatic carbocycles. The minimum Gasteiger partial charge on any atom is -0.480 e.